The molecule has 144 valence electrons. The number of benzene rings is 1. The van der Waals surface area contributed by atoms with Crippen LogP contribution in [0.3, 0.4) is 0 Å². The minimum atomic E-state index is -3.03. The quantitative estimate of drug-likeness (QED) is 0.562. The lowest BCUT2D eigenvalue weighted by molar-refractivity contribution is 0.104. The molecule has 27 heavy (non-hydrogen) atoms. The minimum Gasteiger partial charge on any atom is -0.378 e. The smallest absolute Gasteiger partial charge is 0.185 e. The van der Waals surface area contributed by atoms with Crippen molar-refractivity contribution in [3.63, 3.8) is 0 Å². The molecule has 3 rings (SSSR count). The first-order valence-electron chi connectivity index (χ1n) is 8.63. The number of aryl methyl sites for hydroxylation is 1. The van der Waals surface area contributed by atoms with Crippen LogP contribution in [0, 0.1) is 6.92 Å². The van der Waals surface area contributed by atoms with Crippen LogP contribution in [0.2, 0.25) is 5.15 Å². The van der Waals surface area contributed by atoms with Gasteiger partial charge in [0, 0.05) is 30.9 Å². The number of carbonyl (C=O) groups excluding carboxylic acids is 1. The SMILES string of the molecule is Cc1nn([C@H]2CCS(=O)(=O)C2)c(Cl)c1/C=C/C(=O)c1ccc(N(C)C)cc1. The van der Waals surface area contributed by atoms with E-state index in [-0.39, 0.29) is 23.3 Å². The minimum absolute atomic E-state index is 0.0498. The second kappa shape index (κ2) is 7.48. The van der Waals surface area contributed by atoms with Crippen LogP contribution in [0.4, 0.5) is 5.69 Å². The monoisotopic (exact) mass is 407 g/mol. The van der Waals surface area contributed by atoms with Gasteiger partial charge in [0.25, 0.3) is 0 Å². The average Bonchev–Trinajstić information content (AvgIpc) is 3.12. The fraction of sp³-hybridized carbons (Fsp3) is 0.368. The Morgan fingerprint density at radius 2 is 1.96 bits per heavy atom. The highest BCUT2D eigenvalue weighted by atomic mass is 35.5. The third-order valence-electron chi connectivity index (χ3n) is 4.69. The first-order valence-corrected chi connectivity index (χ1v) is 10.8. The van der Waals surface area contributed by atoms with Gasteiger partial charge in [-0.3, -0.25) is 4.79 Å². The van der Waals surface area contributed by atoms with E-state index >= 15 is 0 Å². The Labute approximate surface area is 164 Å². The van der Waals surface area contributed by atoms with Crippen molar-refractivity contribution < 1.29 is 13.2 Å². The van der Waals surface area contributed by atoms with Gasteiger partial charge in [-0.2, -0.15) is 5.10 Å². The van der Waals surface area contributed by atoms with Crippen LogP contribution in [0.5, 0.6) is 0 Å². The zero-order valence-electron chi connectivity index (χ0n) is 15.5. The Balaban J connectivity index is 1.80. The second-order valence-electron chi connectivity index (χ2n) is 6.93. The topological polar surface area (TPSA) is 72.3 Å². The van der Waals surface area contributed by atoms with Crippen molar-refractivity contribution in [2.75, 3.05) is 30.5 Å². The summed E-state index contributed by atoms with van der Waals surface area (Å²) >= 11 is 6.43. The van der Waals surface area contributed by atoms with E-state index in [0.29, 0.717) is 28.4 Å². The van der Waals surface area contributed by atoms with E-state index in [0.717, 1.165) is 5.69 Å². The Hall–Kier alpha value is -2.12. The summed E-state index contributed by atoms with van der Waals surface area (Å²) in [6.07, 6.45) is 3.62. The second-order valence-corrected chi connectivity index (χ2v) is 9.52. The summed E-state index contributed by atoms with van der Waals surface area (Å²) in [5.41, 5.74) is 2.90. The molecule has 0 amide bonds. The highest BCUT2D eigenvalue weighted by Crippen LogP contribution is 2.30. The molecule has 1 aromatic carbocycles. The Bertz CT molecular complexity index is 992. The van der Waals surface area contributed by atoms with E-state index in [4.69, 9.17) is 11.6 Å². The number of allylic oxidation sites excluding steroid dienone is 1. The molecule has 6 nitrogen and oxygen atoms in total. The van der Waals surface area contributed by atoms with Gasteiger partial charge in [0.1, 0.15) is 5.15 Å². The fourth-order valence-electron chi connectivity index (χ4n) is 3.11. The van der Waals surface area contributed by atoms with Crippen LogP contribution in [0.15, 0.2) is 30.3 Å². The van der Waals surface area contributed by atoms with Gasteiger partial charge in [-0.25, -0.2) is 13.1 Å². The Kier molecular flexibility index (Phi) is 5.44. The number of carbonyl (C=O) groups is 1. The van der Waals surface area contributed by atoms with Gasteiger partial charge in [0.2, 0.25) is 0 Å². The third-order valence-corrected chi connectivity index (χ3v) is 6.82. The first kappa shape index (κ1) is 19.6. The standard InChI is InChI=1S/C19H22ClN3O3S/c1-13-17(19(20)23(21-13)16-10-11-27(25,26)12-16)8-9-18(24)14-4-6-15(7-5-14)22(2)3/h4-9,16H,10-12H2,1-3H3/b9-8+/t16-/m0/s1. The Morgan fingerprint density at radius 3 is 2.52 bits per heavy atom. The lowest BCUT2D eigenvalue weighted by Gasteiger charge is -2.11. The van der Waals surface area contributed by atoms with Crippen molar-refractivity contribution in [1.29, 1.82) is 0 Å². The molecule has 2 heterocycles. The molecular formula is C19H22ClN3O3S. The molecule has 0 N–H and O–H groups in total. The van der Waals surface area contributed by atoms with Crippen LogP contribution < -0.4 is 4.90 Å². The number of hydrogen-bond acceptors (Lipinski definition) is 5. The van der Waals surface area contributed by atoms with Gasteiger partial charge < -0.3 is 4.90 Å². The molecule has 8 heteroatoms. The van der Waals surface area contributed by atoms with Crippen molar-refractivity contribution >= 4 is 39.0 Å². The van der Waals surface area contributed by atoms with Gasteiger partial charge in [-0.1, -0.05) is 11.6 Å². The van der Waals surface area contributed by atoms with Crippen molar-refractivity contribution in [2.45, 2.75) is 19.4 Å². The van der Waals surface area contributed by atoms with E-state index < -0.39 is 9.84 Å². The van der Waals surface area contributed by atoms with Crippen molar-refractivity contribution in [3.8, 4) is 0 Å². The zero-order chi connectivity index (χ0) is 19.8. The predicted octanol–water partition coefficient (Wildman–Crippen LogP) is 3.17. The maximum absolute atomic E-state index is 12.4. The molecule has 1 aromatic heterocycles. The number of aromatic nitrogens is 2. The number of sulfone groups is 1. The van der Waals surface area contributed by atoms with Gasteiger partial charge >= 0.3 is 0 Å². The summed E-state index contributed by atoms with van der Waals surface area (Å²) in [5.74, 6) is 0.0696. The highest BCUT2D eigenvalue weighted by molar-refractivity contribution is 7.91. The molecule has 1 saturated heterocycles. The number of hydrogen-bond donors (Lipinski definition) is 0. The Morgan fingerprint density at radius 1 is 1.30 bits per heavy atom. The van der Waals surface area contributed by atoms with Gasteiger partial charge in [0.15, 0.2) is 15.6 Å². The van der Waals surface area contributed by atoms with Gasteiger partial charge in [-0.05, 0) is 49.8 Å². The summed E-state index contributed by atoms with van der Waals surface area (Å²) in [6.45, 7) is 1.79. The number of nitrogens with zero attached hydrogens (tertiary/aromatic N) is 3. The summed E-state index contributed by atoms with van der Waals surface area (Å²) in [6, 6.07) is 7.08. The van der Waals surface area contributed by atoms with E-state index in [9.17, 15) is 13.2 Å². The van der Waals surface area contributed by atoms with Crippen LogP contribution in [-0.4, -0.2) is 49.6 Å². The number of halogens is 1. The molecule has 2 aromatic rings. The summed E-state index contributed by atoms with van der Waals surface area (Å²) in [7, 11) is 0.848. The van der Waals surface area contributed by atoms with Crippen molar-refractivity contribution in [2.24, 2.45) is 0 Å². The highest BCUT2D eigenvalue weighted by Gasteiger charge is 2.31. The number of anilines is 1. The van der Waals surface area contributed by atoms with Gasteiger partial charge in [-0.15, -0.1) is 0 Å². The molecule has 0 bridgehead atoms. The molecule has 1 aliphatic rings. The summed E-state index contributed by atoms with van der Waals surface area (Å²) < 4.78 is 25.0. The number of rotatable bonds is 5. The maximum atomic E-state index is 12.4. The van der Waals surface area contributed by atoms with E-state index in [1.54, 1.807) is 29.8 Å². The van der Waals surface area contributed by atoms with Crippen LogP contribution in [-0.2, 0) is 9.84 Å². The molecule has 0 aliphatic carbocycles. The van der Waals surface area contributed by atoms with E-state index in [1.165, 1.54) is 6.08 Å². The van der Waals surface area contributed by atoms with E-state index in [2.05, 4.69) is 5.10 Å². The summed E-state index contributed by atoms with van der Waals surface area (Å²) in [4.78, 5) is 14.4. The maximum Gasteiger partial charge on any atom is 0.185 e. The summed E-state index contributed by atoms with van der Waals surface area (Å²) in [5, 5.41) is 4.75. The van der Waals surface area contributed by atoms with Crippen molar-refractivity contribution in [3.05, 3.63) is 52.3 Å². The zero-order valence-corrected chi connectivity index (χ0v) is 17.1. The van der Waals surface area contributed by atoms with Crippen LogP contribution in [0.25, 0.3) is 6.08 Å². The average molecular weight is 408 g/mol. The molecule has 0 unspecified atom stereocenters. The largest absolute Gasteiger partial charge is 0.378 e. The predicted molar refractivity (Wildman–Crippen MR) is 108 cm³/mol. The molecule has 1 atom stereocenters. The van der Waals surface area contributed by atoms with Crippen LogP contribution in [0.1, 0.15) is 34.1 Å². The first-order chi connectivity index (χ1) is 12.7. The molecule has 0 radical (unpaired) electrons. The van der Waals surface area contributed by atoms with Crippen molar-refractivity contribution in [1.82, 2.24) is 9.78 Å². The lowest BCUT2D eigenvalue weighted by Crippen LogP contribution is -2.12. The molecule has 1 aliphatic heterocycles. The molecular weight excluding hydrogens is 386 g/mol. The normalized spacial score (nSPS) is 18.9. The van der Waals surface area contributed by atoms with E-state index in [1.807, 2.05) is 31.1 Å². The third kappa shape index (κ3) is 4.25. The lowest BCUT2D eigenvalue weighted by atomic mass is 10.1. The fourth-order valence-corrected chi connectivity index (χ4v) is 5.18. The molecule has 0 spiro atoms. The van der Waals surface area contributed by atoms with Gasteiger partial charge in [0.05, 0.1) is 23.2 Å². The number of ketones is 1. The van der Waals surface area contributed by atoms with Crippen LogP contribution >= 0.6 is 11.6 Å². The molecule has 0 saturated carbocycles. The molecule has 1 fully saturated rings.